The number of aliphatic hydroxyl groups excluding tert-OH is 2. The van der Waals surface area contributed by atoms with E-state index in [2.05, 4.69) is 15.9 Å². The van der Waals surface area contributed by atoms with Crippen molar-refractivity contribution in [2.45, 2.75) is 32.2 Å². The number of β-amino-alcohol motifs (C(OH)–C–C–N with tert-alkyl or cyclic N) is 1. The molecule has 0 radical (unpaired) electrons. The number of ether oxygens (including phenoxy) is 2. The Morgan fingerprint density at radius 1 is 0.919 bits per heavy atom. The van der Waals surface area contributed by atoms with Crippen LogP contribution in [0.4, 0.5) is 8.78 Å². The minimum Gasteiger partial charge on any atom is -0.457 e. The number of carbonyl (C=O) groups is 2. The van der Waals surface area contributed by atoms with Crippen LogP contribution in [0, 0.1) is 5.82 Å². The Morgan fingerprint density at radius 2 is 1.59 bits per heavy atom. The van der Waals surface area contributed by atoms with E-state index in [1.165, 1.54) is 11.6 Å². The van der Waals surface area contributed by atoms with Gasteiger partial charge in [-0.3, -0.25) is 9.29 Å². The van der Waals surface area contributed by atoms with Gasteiger partial charge >= 0.3 is 11.9 Å². The molecule has 37 heavy (non-hydrogen) atoms. The van der Waals surface area contributed by atoms with Crippen LogP contribution in [0.15, 0.2) is 30.3 Å². The van der Waals surface area contributed by atoms with Gasteiger partial charge in [0.2, 0.25) is 0 Å². The van der Waals surface area contributed by atoms with Crippen LogP contribution in [0.25, 0.3) is 0 Å². The van der Waals surface area contributed by atoms with Crippen LogP contribution >= 0.6 is 0 Å². The summed E-state index contributed by atoms with van der Waals surface area (Å²) >= 11 is 0. The van der Waals surface area contributed by atoms with E-state index in [0.717, 1.165) is 58.2 Å². The number of hydrogen-bond acceptors (Lipinski definition) is 8. The van der Waals surface area contributed by atoms with E-state index in [-0.39, 0.29) is 18.1 Å². The zero-order valence-corrected chi connectivity index (χ0v) is 21.2. The van der Waals surface area contributed by atoms with Gasteiger partial charge in [0.1, 0.15) is 24.6 Å². The predicted molar refractivity (Wildman–Crippen MR) is 132 cm³/mol. The number of aliphatic hydroxyl groups is 2. The number of fused-ring (bicyclic) bond motifs is 2. The van der Waals surface area contributed by atoms with E-state index in [9.17, 15) is 23.5 Å². The van der Waals surface area contributed by atoms with Crippen LogP contribution in [-0.4, -0.2) is 85.5 Å². The summed E-state index contributed by atoms with van der Waals surface area (Å²) in [5, 5.41) is 17.7. The van der Waals surface area contributed by atoms with Crippen molar-refractivity contribution in [1.29, 1.82) is 0 Å². The van der Waals surface area contributed by atoms with Gasteiger partial charge in [-0.1, -0.05) is 12.1 Å². The fraction of sp³-hybridized carbons (Fsp3) is 0.481. The molecule has 3 aliphatic heterocycles. The van der Waals surface area contributed by atoms with E-state index >= 15 is 0 Å². The first-order chi connectivity index (χ1) is 18.0. The topological polar surface area (TPSA) is 99.5 Å². The van der Waals surface area contributed by atoms with Gasteiger partial charge in [-0.25, -0.2) is 14.0 Å². The summed E-state index contributed by atoms with van der Waals surface area (Å²) in [4.78, 5) is 27.8. The van der Waals surface area contributed by atoms with Crippen molar-refractivity contribution in [3.8, 4) is 0 Å². The lowest BCUT2D eigenvalue weighted by Crippen LogP contribution is -2.34. The van der Waals surface area contributed by atoms with E-state index < -0.39 is 17.9 Å². The summed E-state index contributed by atoms with van der Waals surface area (Å²) in [6.07, 6.45) is 1.06. The molecule has 2 N–H and O–H groups in total. The number of halogens is 2. The Morgan fingerprint density at radius 3 is 2.38 bits per heavy atom. The third-order valence-electron chi connectivity index (χ3n) is 6.72. The lowest BCUT2D eigenvalue weighted by Gasteiger charge is -2.24. The summed E-state index contributed by atoms with van der Waals surface area (Å²) in [6, 6.07) is 8.84. The number of nitrogens with zero attached hydrogens (tertiary/aromatic N) is 2. The first kappa shape index (κ1) is 28.6. The average Bonchev–Trinajstić information content (AvgIpc) is 3.40. The molecule has 0 aromatic heterocycles. The zero-order valence-electron chi connectivity index (χ0n) is 21.2. The molecule has 3 heterocycles. The minimum absolute atomic E-state index is 0.0149. The normalized spacial score (nSPS) is 17.8. The molecule has 0 saturated carbocycles. The Kier molecular flexibility index (Phi) is 10.5. The van der Waals surface area contributed by atoms with Crippen molar-refractivity contribution < 1.29 is 38.1 Å². The van der Waals surface area contributed by atoms with Crippen LogP contribution in [0.3, 0.4) is 0 Å². The van der Waals surface area contributed by atoms with E-state index in [4.69, 9.17) is 14.6 Å². The highest BCUT2D eigenvalue weighted by Crippen LogP contribution is 2.28. The van der Waals surface area contributed by atoms with Crippen LogP contribution in [-0.2, 0) is 29.1 Å². The molecule has 5 rings (SSSR count). The largest absolute Gasteiger partial charge is 0.457 e. The Hall–Kier alpha value is -2.92. The molecule has 1 atom stereocenters. The molecule has 1 saturated heterocycles. The third kappa shape index (κ3) is 6.89. The van der Waals surface area contributed by atoms with Crippen LogP contribution in [0.1, 0.15) is 55.5 Å². The van der Waals surface area contributed by atoms with Crippen molar-refractivity contribution in [3.05, 3.63) is 69.5 Å². The smallest absolute Gasteiger partial charge is 0.341 e. The lowest BCUT2D eigenvalue weighted by atomic mass is 10.0. The van der Waals surface area contributed by atoms with Gasteiger partial charge in [-0.2, -0.15) is 0 Å². The van der Waals surface area contributed by atoms with Gasteiger partial charge in [0.05, 0.1) is 18.8 Å². The summed E-state index contributed by atoms with van der Waals surface area (Å²) in [5.41, 5.74) is 3.80. The number of benzene rings is 2. The molecule has 1 unspecified atom stereocenters. The lowest BCUT2D eigenvalue weighted by molar-refractivity contribution is 0.0524. The van der Waals surface area contributed by atoms with Crippen molar-refractivity contribution >= 4 is 11.9 Å². The Labute approximate surface area is 215 Å². The molecule has 0 amide bonds. The second-order valence-electron chi connectivity index (χ2n) is 8.94. The highest BCUT2D eigenvalue weighted by Gasteiger charge is 2.28. The fourth-order valence-corrected chi connectivity index (χ4v) is 4.85. The van der Waals surface area contributed by atoms with Gasteiger partial charge in [-0.15, -0.1) is 0 Å². The first-order valence-electron chi connectivity index (χ1n) is 12.2. The number of hydrogen-bond donors (Lipinski definition) is 2. The zero-order chi connectivity index (χ0) is 26.9. The van der Waals surface area contributed by atoms with E-state index in [1.807, 2.05) is 12.1 Å². The average molecular weight is 521 g/mol. The van der Waals surface area contributed by atoms with E-state index in [1.54, 1.807) is 6.07 Å². The van der Waals surface area contributed by atoms with Gasteiger partial charge in [0.25, 0.3) is 0 Å². The van der Waals surface area contributed by atoms with Crippen molar-refractivity contribution in [2.24, 2.45) is 0 Å². The van der Waals surface area contributed by atoms with Crippen LogP contribution < -0.4 is 0 Å². The molecule has 2 aromatic carbocycles. The second kappa shape index (κ2) is 13.6. The molecule has 2 aromatic rings. The summed E-state index contributed by atoms with van der Waals surface area (Å²) in [7, 11) is 1.50. The van der Waals surface area contributed by atoms with Gasteiger partial charge in [0.15, 0.2) is 0 Å². The number of cyclic esters (lactones) is 2. The molecule has 0 bridgehead atoms. The maximum Gasteiger partial charge on any atom is 0.341 e. The van der Waals surface area contributed by atoms with Crippen LogP contribution in [0.5, 0.6) is 0 Å². The number of esters is 2. The highest BCUT2D eigenvalue weighted by molar-refractivity contribution is 5.94. The molecular weight excluding hydrogens is 486 g/mol. The molecule has 10 heteroatoms. The molecule has 3 aliphatic rings. The van der Waals surface area contributed by atoms with Crippen molar-refractivity contribution in [2.75, 3.05) is 53.6 Å². The number of alkyl halides is 1. The Balaban J connectivity index is 0.000000907. The SMILES string of the molecule is CF.CO.O=C1OCc2cc(CCN3CCCN(CC(O)c4cc(F)c5c(c4)COC5=O)CC3)ccc21. The van der Waals surface area contributed by atoms with Crippen molar-refractivity contribution in [1.82, 2.24) is 9.80 Å². The summed E-state index contributed by atoms with van der Waals surface area (Å²) in [6.45, 7) is 5.30. The highest BCUT2D eigenvalue weighted by atomic mass is 19.1. The number of rotatable bonds is 6. The molecule has 202 valence electrons. The number of carbonyl (C=O) groups excluding carboxylic acids is 2. The van der Waals surface area contributed by atoms with Gasteiger partial charge < -0.3 is 24.6 Å². The standard InChI is InChI=1S/C25H27FN2O5.CH3F.CH4O/c26-21-12-17(11-19-15-33-25(31)23(19)21)22(29)13-28-6-1-5-27(8-9-28)7-4-16-2-3-20-18(10-16)14-32-24(20)30;2*1-2/h2-3,10-12,22,29H,1,4-9,13-15H2;1H3;2H,1H3. The molecule has 1 fully saturated rings. The van der Waals surface area contributed by atoms with Gasteiger partial charge in [-0.05, 0) is 55.3 Å². The second-order valence-corrected chi connectivity index (χ2v) is 8.94. The monoisotopic (exact) mass is 520 g/mol. The van der Waals surface area contributed by atoms with Crippen LogP contribution in [0.2, 0.25) is 0 Å². The fourth-order valence-electron chi connectivity index (χ4n) is 4.85. The Bertz CT molecular complexity index is 1100. The summed E-state index contributed by atoms with van der Waals surface area (Å²) in [5.74, 6) is -1.51. The predicted octanol–water partition coefficient (Wildman–Crippen LogP) is 2.64. The maximum atomic E-state index is 14.3. The molecule has 0 spiro atoms. The summed E-state index contributed by atoms with van der Waals surface area (Å²) < 4.78 is 33.8. The molecule has 0 aliphatic carbocycles. The first-order valence-corrected chi connectivity index (χ1v) is 12.2. The quantitative estimate of drug-likeness (QED) is 0.561. The minimum atomic E-state index is -0.830. The molecular formula is C27H34F2N2O6. The van der Waals surface area contributed by atoms with E-state index in [0.29, 0.717) is 37.0 Å². The molecule has 8 nitrogen and oxygen atoms in total. The van der Waals surface area contributed by atoms with Crippen molar-refractivity contribution in [3.63, 3.8) is 0 Å². The maximum absolute atomic E-state index is 14.3. The van der Waals surface area contributed by atoms with Gasteiger partial charge in [0, 0.05) is 44.4 Å². The third-order valence-corrected chi connectivity index (χ3v) is 6.72.